The van der Waals surface area contributed by atoms with Crippen LogP contribution < -0.4 is 11.1 Å². The van der Waals surface area contributed by atoms with Gasteiger partial charge in [-0.2, -0.15) is 5.26 Å². The maximum absolute atomic E-state index is 8.82. The topological polar surface area (TPSA) is 61.8 Å². The third-order valence-electron chi connectivity index (χ3n) is 1.76. The number of hydrogen-bond acceptors (Lipinski definition) is 3. The molecule has 0 aliphatic rings. The predicted octanol–water partition coefficient (Wildman–Crippen LogP) is 1.24. The van der Waals surface area contributed by atoms with E-state index in [4.69, 9.17) is 11.0 Å². The van der Waals surface area contributed by atoms with Crippen molar-refractivity contribution in [3.05, 3.63) is 29.3 Å². The Kier molecular flexibility index (Phi) is 3.30. The van der Waals surface area contributed by atoms with E-state index in [0.717, 1.165) is 11.3 Å². The van der Waals surface area contributed by atoms with Gasteiger partial charge >= 0.3 is 0 Å². The summed E-state index contributed by atoms with van der Waals surface area (Å²) in [4.78, 5) is 0. The Morgan fingerprint density at radius 2 is 2.31 bits per heavy atom. The van der Waals surface area contributed by atoms with Gasteiger partial charge in [0.05, 0.1) is 11.3 Å². The summed E-state index contributed by atoms with van der Waals surface area (Å²) in [6.45, 7) is 3.23. The van der Waals surface area contributed by atoms with Crippen molar-refractivity contribution in [2.75, 3.05) is 18.4 Å². The lowest BCUT2D eigenvalue weighted by Crippen LogP contribution is -2.13. The number of rotatable bonds is 3. The van der Waals surface area contributed by atoms with E-state index in [1.165, 1.54) is 0 Å². The van der Waals surface area contributed by atoms with E-state index in [1.54, 1.807) is 0 Å². The van der Waals surface area contributed by atoms with Crippen molar-refractivity contribution in [2.24, 2.45) is 5.73 Å². The molecule has 3 heteroatoms. The molecule has 0 heterocycles. The van der Waals surface area contributed by atoms with Crippen molar-refractivity contribution in [3.63, 3.8) is 0 Å². The summed E-state index contributed by atoms with van der Waals surface area (Å²) in [5.74, 6) is 0. The number of nitrogens with one attached hydrogen (secondary N) is 1. The predicted molar refractivity (Wildman–Crippen MR) is 53.4 cm³/mol. The van der Waals surface area contributed by atoms with Gasteiger partial charge < -0.3 is 11.1 Å². The van der Waals surface area contributed by atoms with Crippen molar-refractivity contribution >= 4 is 5.69 Å². The summed E-state index contributed by atoms with van der Waals surface area (Å²) in [6, 6.07) is 7.88. The molecule has 0 aliphatic heterocycles. The summed E-state index contributed by atoms with van der Waals surface area (Å²) in [6.07, 6.45) is 0. The minimum atomic E-state index is 0.568. The first-order valence-corrected chi connectivity index (χ1v) is 4.22. The second-order valence-electron chi connectivity index (χ2n) is 2.88. The zero-order chi connectivity index (χ0) is 9.68. The molecule has 0 saturated carbocycles. The highest BCUT2D eigenvalue weighted by atomic mass is 14.9. The van der Waals surface area contributed by atoms with Crippen LogP contribution in [-0.4, -0.2) is 13.1 Å². The quantitative estimate of drug-likeness (QED) is 0.726. The zero-order valence-corrected chi connectivity index (χ0v) is 7.67. The molecule has 0 aliphatic carbocycles. The van der Waals surface area contributed by atoms with Crippen LogP contribution in [0.4, 0.5) is 5.69 Å². The van der Waals surface area contributed by atoms with Crippen LogP contribution >= 0.6 is 0 Å². The van der Waals surface area contributed by atoms with Crippen LogP contribution in [0.2, 0.25) is 0 Å². The third kappa shape index (κ3) is 2.46. The van der Waals surface area contributed by atoms with Crippen LogP contribution in [0.25, 0.3) is 0 Å². The molecule has 0 aromatic heterocycles. The largest absolute Gasteiger partial charge is 0.383 e. The minimum Gasteiger partial charge on any atom is -0.383 e. The third-order valence-corrected chi connectivity index (χ3v) is 1.76. The number of nitrogens with zero attached hydrogens (tertiary/aromatic N) is 1. The maximum Gasteiger partial charge on any atom is 0.101 e. The molecule has 0 saturated heterocycles. The van der Waals surface area contributed by atoms with Gasteiger partial charge in [0.1, 0.15) is 6.07 Å². The molecule has 0 atom stereocenters. The first kappa shape index (κ1) is 9.56. The van der Waals surface area contributed by atoms with E-state index in [1.807, 2.05) is 25.1 Å². The molecule has 68 valence electrons. The SMILES string of the molecule is Cc1ccc(NCCN)c(C#N)c1. The number of hydrogen-bond donors (Lipinski definition) is 2. The second-order valence-corrected chi connectivity index (χ2v) is 2.88. The lowest BCUT2D eigenvalue weighted by molar-refractivity contribution is 1.02. The monoisotopic (exact) mass is 175 g/mol. The van der Waals surface area contributed by atoms with Crippen molar-refractivity contribution in [2.45, 2.75) is 6.92 Å². The first-order chi connectivity index (χ1) is 6.27. The Morgan fingerprint density at radius 1 is 1.54 bits per heavy atom. The van der Waals surface area contributed by atoms with Crippen molar-refractivity contribution < 1.29 is 0 Å². The Labute approximate surface area is 78.2 Å². The van der Waals surface area contributed by atoms with Crippen LogP contribution in [0.1, 0.15) is 11.1 Å². The van der Waals surface area contributed by atoms with Crippen molar-refractivity contribution in [1.82, 2.24) is 0 Å². The van der Waals surface area contributed by atoms with E-state index in [0.29, 0.717) is 18.7 Å². The molecule has 3 N–H and O–H groups in total. The van der Waals surface area contributed by atoms with Gasteiger partial charge in [-0.25, -0.2) is 0 Å². The van der Waals surface area contributed by atoms with E-state index in [9.17, 15) is 0 Å². The highest BCUT2D eigenvalue weighted by Crippen LogP contribution is 2.15. The van der Waals surface area contributed by atoms with Gasteiger partial charge in [-0.15, -0.1) is 0 Å². The molecule has 3 nitrogen and oxygen atoms in total. The Morgan fingerprint density at radius 3 is 2.92 bits per heavy atom. The van der Waals surface area contributed by atoms with E-state index >= 15 is 0 Å². The first-order valence-electron chi connectivity index (χ1n) is 4.22. The number of nitrogens with two attached hydrogens (primary N) is 1. The maximum atomic E-state index is 8.82. The van der Waals surface area contributed by atoms with Gasteiger partial charge in [-0.1, -0.05) is 6.07 Å². The standard InChI is InChI=1S/C10H13N3/c1-8-2-3-10(13-5-4-11)9(6-8)7-12/h2-3,6,13H,4-5,11H2,1H3. The van der Waals surface area contributed by atoms with Crippen LogP contribution in [-0.2, 0) is 0 Å². The Bertz CT molecular complexity index is 325. The van der Waals surface area contributed by atoms with Crippen LogP contribution in [0, 0.1) is 18.3 Å². The molecule has 1 aromatic rings. The molecule has 0 fully saturated rings. The lowest BCUT2D eigenvalue weighted by Gasteiger charge is -2.06. The second kappa shape index (κ2) is 4.48. The summed E-state index contributed by atoms with van der Waals surface area (Å²) in [7, 11) is 0. The fourth-order valence-corrected chi connectivity index (χ4v) is 1.11. The summed E-state index contributed by atoms with van der Waals surface area (Å²) in [5.41, 5.74) is 7.98. The molecular formula is C10H13N3. The zero-order valence-electron chi connectivity index (χ0n) is 7.67. The number of benzene rings is 1. The van der Waals surface area contributed by atoms with Gasteiger partial charge in [-0.05, 0) is 24.6 Å². The van der Waals surface area contributed by atoms with Crippen LogP contribution in [0.5, 0.6) is 0 Å². The molecule has 0 spiro atoms. The van der Waals surface area contributed by atoms with E-state index < -0.39 is 0 Å². The average molecular weight is 175 g/mol. The lowest BCUT2D eigenvalue weighted by atomic mass is 10.1. The van der Waals surface area contributed by atoms with Gasteiger partial charge in [0.15, 0.2) is 0 Å². The van der Waals surface area contributed by atoms with E-state index in [2.05, 4.69) is 11.4 Å². The minimum absolute atomic E-state index is 0.568. The Balaban J connectivity index is 2.88. The van der Waals surface area contributed by atoms with Crippen LogP contribution in [0.3, 0.4) is 0 Å². The fourth-order valence-electron chi connectivity index (χ4n) is 1.11. The number of anilines is 1. The smallest absolute Gasteiger partial charge is 0.101 e. The molecule has 13 heavy (non-hydrogen) atoms. The van der Waals surface area contributed by atoms with Gasteiger partial charge in [0.25, 0.3) is 0 Å². The fraction of sp³-hybridized carbons (Fsp3) is 0.300. The van der Waals surface area contributed by atoms with Crippen molar-refractivity contribution in [3.8, 4) is 6.07 Å². The highest BCUT2D eigenvalue weighted by Gasteiger charge is 1.99. The summed E-state index contributed by atoms with van der Waals surface area (Å²) in [5, 5.41) is 11.9. The molecular weight excluding hydrogens is 162 g/mol. The normalized spacial score (nSPS) is 9.31. The molecule has 0 amide bonds. The Hall–Kier alpha value is -1.53. The average Bonchev–Trinajstić information content (AvgIpc) is 2.16. The van der Waals surface area contributed by atoms with Crippen molar-refractivity contribution in [1.29, 1.82) is 5.26 Å². The molecule has 1 rings (SSSR count). The van der Waals surface area contributed by atoms with Gasteiger partial charge in [0, 0.05) is 13.1 Å². The number of nitriles is 1. The molecule has 0 unspecified atom stereocenters. The van der Waals surface area contributed by atoms with Gasteiger partial charge in [-0.3, -0.25) is 0 Å². The molecule has 0 radical (unpaired) electrons. The summed E-state index contributed by atoms with van der Waals surface area (Å²) >= 11 is 0. The van der Waals surface area contributed by atoms with Crippen LogP contribution in [0.15, 0.2) is 18.2 Å². The van der Waals surface area contributed by atoms with Gasteiger partial charge in [0.2, 0.25) is 0 Å². The summed E-state index contributed by atoms with van der Waals surface area (Å²) < 4.78 is 0. The molecule has 0 bridgehead atoms. The molecule has 1 aromatic carbocycles. The highest BCUT2D eigenvalue weighted by molar-refractivity contribution is 5.58. The number of aryl methyl sites for hydroxylation is 1. The van der Waals surface area contributed by atoms with E-state index in [-0.39, 0.29) is 0 Å².